The number of aliphatic carboxylic acids is 1. The van der Waals surface area contributed by atoms with Crippen LogP contribution in [0.3, 0.4) is 0 Å². The summed E-state index contributed by atoms with van der Waals surface area (Å²) in [5, 5.41) is 21.0. The molecule has 3 saturated heterocycles. The summed E-state index contributed by atoms with van der Waals surface area (Å²) in [7, 11) is 0. The SMILES string of the molecule is C[C@H]1C(OCCO[C@@H]2CC[C@@]3(C)C(C2)C[C@H](O)C2C3CC[C@@]3(C)C2CC[C@@H]3CCCC(=O)O)OC2O[C@@]3(C)CCC4[C@H](C)CCC1C24O3. The van der Waals surface area contributed by atoms with E-state index in [1.807, 2.05) is 0 Å². The van der Waals surface area contributed by atoms with Gasteiger partial charge in [0.05, 0.1) is 25.4 Å². The lowest BCUT2D eigenvalue weighted by molar-refractivity contribution is -0.338. The predicted molar refractivity (Wildman–Crippen MR) is 180 cm³/mol. The molecule has 17 atom stereocenters. The third kappa shape index (κ3) is 5.30. The molecule has 2 N–H and O–H groups in total. The van der Waals surface area contributed by atoms with E-state index in [9.17, 15) is 15.0 Å². The molecule has 0 aromatic carbocycles. The Morgan fingerprint density at radius 3 is 2.38 bits per heavy atom. The fourth-order valence-electron chi connectivity index (χ4n) is 14.1. The molecule has 8 nitrogen and oxygen atoms in total. The molecule has 9 unspecified atom stereocenters. The van der Waals surface area contributed by atoms with Crippen LogP contribution >= 0.6 is 0 Å². The standard InChI is InChI=1S/C40H64O8/c1-23-9-11-29-24(2)35(46-36-40(29)28(23)15-18-39(5,47-36)48-40)45-20-19-44-27-13-16-38(4)26(21-27)22-32(41)34-30-12-10-25(7-6-8-33(42)43)37(30,3)17-14-31(34)38/h23-32,34-36,41H,6-22H2,1-5H3,(H,42,43)/t23-,24-,25+,26?,27-,28?,29?,30?,31?,32+,34?,35?,36?,37-,38+,39-,40?/m1/s1. The highest BCUT2D eigenvalue weighted by atomic mass is 16.9. The molecule has 0 radical (unpaired) electrons. The van der Waals surface area contributed by atoms with Crippen LogP contribution in [0.4, 0.5) is 0 Å². The van der Waals surface area contributed by atoms with E-state index >= 15 is 0 Å². The first-order valence-corrected chi connectivity index (χ1v) is 20.0. The van der Waals surface area contributed by atoms with Gasteiger partial charge < -0.3 is 33.9 Å². The summed E-state index contributed by atoms with van der Waals surface area (Å²) >= 11 is 0. The lowest BCUT2D eigenvalue weighted by Crippen LogP contribution is -2.66. The van der Waals surface area contributed by atoms with E-state index in [0.29, 0.717) is 60.6 Å². The van der Waals surface area contributed by atoms with E-state index in [-0.39, 0.29) is 53.6 Å². The van der Waals surface area contributed by atoms with Crippen LogP contribution in [0.2, 0.25) is 0 Å². The Hall–Kier alpha value is -0.770. The Kier molecular flexibility index (Phi) is 8.89. The minimum atomic E-state index is -0.680. The van der Waals surface area contributed by atoms with E-state index in [1.54, 1.807) is 0 Å². The molecule has 3 heterocycles. The summed E-state index contributed by atoms with van der Waals surface area (Å²) in [6, 6.07) is 0. The lowest BCUT2D eigenvalue weighted by Gasteiger charge is -2.62. The Labute approximate surface area is 288 Å². The summed E-state index contributed by atoms with van der Waals surface area (Å²) in [5.74, 6) is 3.12. The number of aliphatic hydroxyl groups excluding tert-OH is 1. The van der Waals surface area contributed by atoms with Gasteiger partial charge in [-0.3, -0.25) is 4.79 Å². The van der Waals surface area contributed by atoms with Gasteiger partial charge in [0.25, 0.3) is 0 Å². The minimum Gasteiger partial charge on any atom is -0.481 e. The molecule has 0 amide bonds. The Balaban J connectivity index is 0.847. The van der Waals surface area contributed by atoms with Gasteiger partial charge in [0, 0.05) is 24.7 Å². The number of ether oxygens (including phenoxy) is 5. The third-order valence-corrected chi connectivity index (χ3v) is 16.6. The summed E-state index contributed by atoms with van der Waals surface area (Å²) < 4.78 is 32.9. The largest absolute Gasteiger partial charge is 0.481 e. The first kappa shape index (κ1) is 34.3. The molecular weight excluding hydrogens is 608 g/mol. The number of rotatable bonds is 9. The van der Waals surface area contributed by atoms with Gasteiger partial charge >= 0.3 is 5.97 Å². The smallest absolute Gasteiger partial charge is 0.303 e. The highest BCUT2D eigenvalue weighted by Crippen LogP contribution is 2.68. The van der Waals surface area contributed by atoms with Crippen molar-refractivity contribution in [3.63, 3.8) is 0 Å². The monoisotopic (exact) mass is 672 g/mol. The van der Waals surface area contributed by atoms with Gasteiger partial charge in [-0.25, -0.2) is 0 Å². The maximum absolute atomic E-state index is 11.8. The first-order chi connectivity index (χ1) is 22.9. The molecule has 8 heteroatoms. The lowest BCUT2D eigenvalue weighted by atomic mass is 9.44. The van der Waals surface area contributed by atoms with Gasteiger partial charge in [0.1, 0.15) is 5.60 Å². The molecule has 5 aliphatic carbocycles. The van der Waals surface area contributed by atoms with Crippen molar-refractivity contribution in [2.45, 2.75) is 167 Å². The second-order valence-electron chi connectivity index (χ2n) is 18.7. The van der Waals surface area contributed by atoms with Gasteiger partial charge in [-0.15, -0.1) is 0 Å². The van der Waals surface area contributed by atoms with Crippen molar-refractivity contribution in [1.29, 1.82) is 0 Å². The maximum Gasteiger partial charge on any atom is 0.303 e. The number of fused-ring (bicyclic) bond motifs is 6. The molecule has 8 aliphatic rings. The van der Waals surface area contributed by atoms with Gasteiger partial charge in [-0.2, -0.15) is 0 Å². The van der Waals surface area contributed by atoms with Crippen molar-refractivity contribution in [3.8, 4) is 0 Å². The van der Waals surface area contributed by atoms with Gasteiger partial charge in [0.2, 0.25) is 0 Å². The fourth-order valence-corrected chi connectivity index (χ4v) is 14.1. The van der Waals surface area contributed by atoms with Crippen molar-refractivity contribution in [2.75, 3.05) is 13.2 Å². The molecule has 1 spiro atoms. The van der Waals surface area contributed by atoms with Crippen LogP contribution in [-0.4, -0.2) is 65.6 Å². The number of carbonyl (C=O) groups is 1. The van der Waals surface area contributed by atoms with Gasteiger partial charge in [-0.05, 0) is 143 Å². The highest BCUT2D eigenvalue weighted by molar-refractivity contribution is 5.66. The summed E-state index contributed by atoms with van der Waals surface area (Å²) in [4.78, 5) is 11.2. The number of carboxylic acids is 1. The van der Waals surface area contributed by atoms with Crippen LogP contribution in [-0.2, 0) is 28.5 Å². The molecule has 8 fully saturated rings. The first-order valence-electron chi connectivity index (χ1n) is 20.0. The minimum absolute atomic E-state index is 0.216. The average Bonchev–Trinajstić information content (AvgIpc) is 3.48. The Morgan fingerprint density at radius 1 is 0.833 bits per heavy atom. The van der Waals surface area contributed by atoms with E-state index in [1.165, 1.54) is 38.5 Å². The van der Waals surface area contributed by atoms with Crippen LogP contribution in [0.15, 0.2) is 0 Å². The predicted octanol–water partition coefficient (Wildman–Crippen LogP) is 7.55. The molecule has 272 valence electrons. The molecule has 0 aromatic rings. The van der Waals surface area contributed by atoms with Crippen molar-refractivity contribution in [3.05, 3.63) is 0 Å². The fraction of sp³-hybridized carbons (Fsp3) is 0.975. The number of carboxylic acid groups (broad SMARTS) is 1. The molecule has 48 heavy (non-hydrogen) atoms. The molecule has 5 saturated carbocycles. The number of hydrogen-bond acceptors (Lipinski definition) is 7. The average molecular weight is 673 g/mol. The zero-order valence-corrected chi connectivity index (χ0v) is 30.4. The summed E-state index contributed by atoms with van der Waals surface area (Å²) in [6.45, 7) is 12.8. The Morgan fingerprint density at radius 2 is 1.56 bits per heavy atom. The number of hydrogen-bond donors (Lipinski definition) is 2. The molecular formula is C40H64O8. The quantitative estimate of drug-likeness (QED) is 0.242. The maximum atomic E-state index is 11.8. The molecule has 0 aromatic heterocycles. The van der Waals surface area contributed by atoms with Crippen LogP contribution in [0.5, 0.6) is 0 Å². The second-order valence-corrected chi connectivity index (χ2v) is 18.7. The van der Waals surface area contributed by atoms with E-state index in [2.05, 4.69) is 34.6 Å². The van der Waals surface area contributed by atoms with Crippen LogP contribution in [0.25, 0.3) is 0 Å². The number of aliphatic hydroxyl groups is 1. The van der Waals surface area contributed by atoms with Crippen molar-refractivity contribution >= 4 is 5.97 Å². The van der Waals surface area contributed by atoms with E-state index in [0.717, 1.165) is 51.4 Å². The van der Waals surface area contributed by atoms with E-state index < -0.39 is 11.8 Å². The van der Waals surface area contributed by atoms with Crippen LogP contribution in [0, 0.1) is 64.1 Å². The van der Waals surface area contributed by atoms with Crippen LogP contribution in [0.1, 0.15) is 131 Å². The molecule has 3 aliphatic heterocycles. The van der Waals surface area contributed by atoms with Crippen molar-refractivity contribution in [2.24, 2.45) is 64.1 Å². The van der Waals surface area contributed by atoms with E-state index in [4.69, 9.17) is 23.7 Å². The second kappa shape index (κ2) is 12.4. The molecule has 2 bridgehead atoms. The third-order valence-electron chi connectivity index (χ3n) is 16.6. The zero-order valence-electron chi connectivity index (χ0n) is 30.4. The summed E-state index contributed by atoms with van der Waals surface area (Å²) in [6.07, 6.45) is 14.8. The molecule has 8 rings (SSSR count). The van der Waals surface area contributed by atoms with Gasteiger partial charge in [-0.1, -0.05) is 27.7 Å². The normalized spacial score (nSPS) is 55.3. The van der Waals surface area contributed by atoms with Crippen molar-refractivity contribution in [1.82, 2.24) is 0 Å². The van der Waals surface area contributed by atoms with Crippen molar-refractivity contribution < 1.29 is 38.7 Å². The zero-order chi connectivity index (χ0) is 33.6. The Bertz CT molecular complexity index is 1210. The summed E-state index contributed by atoms with van der Waals surface area (Å²) in [5.41, 5.74) is 0.171. The highest BCUT2D eigenvalue weighted by Gasteiger charge is 2.71. The topological polar surface area (TPSA) is 104 Å². The van der Waals surface area contributed by atoms with Gasteiger partial charge in [0.15, 0.2) is 18.4 Å². The van der Waals surface area contributed by atoms with Crippen LogP contribution < -0.4 is 0 Å².